The lowest BCUT2D eigenvalue weighted by atomic mass is 10.1. The van der Waals surface area contributed by atoms with Crippen LogP contribution in [0.1, 0.15) is 12.8 Å². The second-order valence-corrected chi connectivity index (χ2v) is 5.43. The van der Waals surface area contributed by atoms with Gasteiger partial charge in [-0.15, -0.1) is 5.10 Å². The highest BCUT2D eigenvalue weighted by atomic mass is 79.9. The minimum Gasteiger partial charge on any atom is -0.396 e. The number of anilines is 1. The van der Waals surface area contributed by atoms with Crippen LogP contribution in [0.4, 0.5) is 5.95 Å². The predicted molar refractivity (Wildman–Crippen MR) is 67.9 cm³/mol. The van der Waals surface area contributed by atoms with E-state index in [2.05, 4.69) is 31.3 Å². The van der Waals surface area contributed by atoms with Crippen molar-refractivity contribution in [2.45, 2.75) is 12.8 Å². The molecule has 3 rings (SSSR count). The predicted octanol–water partition coefficient (Wildman–Crippen LogP) is 1.68. The van der Waals surface area contributed by atoms with E-state index in [1.165, 1.54) is 0 Å². The van der Waals surface area contributed by atoms with Gasteiger partial charge in [0, 0.05) is 18.2 Å². The number of aromatic nitrogens is 3. The number of hydrogen-bond donors (Lipinski definition) is 2. The van der Waals surface area contributed by atoms with Crippen LogP contribution in [-0.2, 0) is 0 Å². The van der Waals surface area contributed by atoms with E-state index in [1.807, 2.05) is 18.3 Å². The van der Waals surface area contributed by atoms with Crippen molar-refractivity contribution in [1.29, 1.82) is 0 Å². The van der Waals surface area contributed by atoms with Crippen LogP contribution in [0.15, 0.2) is 22.8 Å². The van der Waals surface area contributed by atoms with E-state index in [9.17, 15) is 5.11 Å². The van der Waals surface area contributed by atoms with Crippen LogP contribution in [0.3, 0.4) is 0 Å². The van der Waals surface area contributed by atoms with Crippen LogP contribution in [0, 0.1) is 5.41 Å². The van der Waals surface area contributed by atoms with E-state index in [0.29, 0.717) is 5.95 Å². The van der Waals surface area contributed by atoms with Crippen LogP contribution in [0.25, 0.3) is 5.65 Å². The quantitative estimate of drug-likeness (QED) is 0.901. The number of rotatable bonds is 4. The molecule has 6 heteroatoms. The van der Waals surface area contributed by atoms with E-state index in [1.54, 1.807) is 4.52 Å². The Labute approximate surface area is 107 Å². The third kappa shape index (κ3) is 2.02. The van der Waals surface area contributed by atoms with Gasteiger partial charge < -0.3 is 10.4 Å². The van der Waals surface area contributed by atoms with Crippen molar-refractivity contribution in [3.63, 3.8) is 0 Å². The minimum atomic E-state index is 0.0642. The van der Waals surface area contributed by atoms with Crippen molar-refractivity contribution >= 4 is 27.5 Å². The Hall–Kier alpha value is -1.14. The van der Waals surface area contributed by atoms with Crippen LogP contribution in [0.5, 0.6) is 0 Å². The molecule has 1 aliphatic carbocycles. The first kappa shape index (κ1) is 11.0. The van der Waals surface area contributed by atoms with Gasteiger partial charge in [-0.2, -0.15) is 4.98 Å². The molecule has 17 heavy (non-hydrogen) atoms. The Kier molecular flexibility index (Phi) is 2.56. The lowest BCUT2D eigenvalue weighted by Gasteiger charge is -2.10. The summed E-state index contributed by atoms with van der Waals surface area (Å²) < 4.78 is 2.65. The number of nitrogens with zero attached hydrogens (tertiary/aromatic N) is 3. The molecule has 0 unspecified atom stereocenters. The molecule has 2 aromatic heterocycles. The molecule has 1 aliphatic rings. The summed E-state index contributed by atoms with van der Waals surface area (Å²) in [5, 5.41) is 16.7. The topological polar surface area (TPSA) is 62.5 Å². The summed E-state index contributed by atoms with van der Waals surface area (Å²) in [4.78, 5) is 4.39. The van der Waals surface area contributed by atoms with Gasteiger partial charge in [-0.05, 0) is 40.9 Å². The van der Waals surface area contributed by atoms with Gasteiger partial charge in [-0.3, -0.25) is 0 Å². The second kappa shape index (κ2) is 3.96. The second-order valence-electron chi connectivity index (χ2n) is 4.57. The minimum absolute atomic E-state index is 0.0642. The van der Waals surface area contributed by atoms with Crippen molar-refractivity contribution < 1.29 is 5.11 Å². The normalized spacial score (nSPS) is 17.3. The average molecular weight is 297 g/mol. The zero-order valence-electron chi connectivity index (χ0n) is 9.23. The van der Waals surface area contributed by atoms with E-state index in [0.717, 1.165) is 29.5 Å². The first-order valence-electron chi connectivity index (χ1n) is 5.58. The van der Waals surface area contributed by atoms with Crippen molar-refractivity contribution in [1.82, 2.24) is 14.6 Å². The summed E-state index contributed by atoms with van der Waals surface area (Å²) >= 11 is 3.44. The largest absolute Gasteiger partial charge is 0.396 e. The molecule has 0 aromatic carbocycles. The van der Waals surface area contributed by atoms with E-state index < -0.39 is 0 Å². The van der Waals surface area contributed by atoms with Gasteiger partial charge in [-0.1, -0.05) is 0 Å². The number of aliphatic hydroxyl groups is 1. The Bertz CT molecular complexity index is 549. The summed E-state index contributed by atoms with van der Waals surface area (Å²) in [6, 6.07) is 3.84. The van der Waals surface area contributed by atoms with Crippen LogP contribution in [-0.4, -0.2) is 32.9 Å². The molecule has 2 aromatic rings. The highest BCUT2D eigenvalue weighted by molar-refractivity contribution is 9.10. The summed E-state index contributed by atoms with van der Waals surface area (Å²) in [6.45, 7) is 0.967. The average Bonchev–Trinajstić information content (AvgIpc) is 3.00. The number of aliphatic hydroxyl groups excluding tert-OH is 1. The number of halogens is 1. The van der Waals surface area contributed by atoms with E-state index >= 15 is 0 Å². The maximum atomic E-state index is 9.22. The molecule has 0 bridgehead atoms. The Morgan fingerprint density at radius 3 is 3.00 bits per heavy atom. The zero-order chi connectivity index (χ0) is 11.9. The first-order valence-corrected chi connectivity index (χ1v) is 6.37. The molecular formula is C11H13BrN4O. The molecule has 2 N–H and O–H groups in total. The summed E-state index contributed by atoms with van der Waals surface area (Å²) in [7, 11) is 0. The number of fused-ring (bicyclic) bond motifs is 1. The Balaban J connectivity index is 1.79. The molecule has 90 valence electrons. The highest BCUT2D eigenvalue weighted by Crippen LogP contribution is 2.44. The monoisotopic (exact) mass is 296 g/mol. The molecule has 0 spiro atoms. The van der Waals surface area contributed by atoms with Crippen molar-refractivity contribution in [3.8, 4) is 0 Å². The first-order chi connectivity index (χ1) is 8.22. The fourth-order valence-electron chi connectivity index (χ4n) is 1.78. The summed E-state index contributed by atoms with van der Waals surface area (Å²) in [5.41, 5.74) is 0.859. The smallest absolute Gasteiger partial charge is 0.243 e. The van der Waals surface area contributed by atoms with Gasteiger partial charge in [0.2, 0.25) is 5.95 Å². The van der Waals surface area contributed by atoms with Gasteiger partial charge in [0.05, 0.1) is 11.1 Å². The van der Waals surface area contributed by atoms with Gasteiger partial charge in [-0.25, -0.2) is 4.52 Å². The molecule has 0 aliphatic heterocycles. The Morgan fingerprint density at radius 2 is 2.35 bits per heavy atom. The molecule has 5 nitrogen and oxygen atoms in total. The van der Waals surface area contributed by atoms with Gasteiger partial charge in [0.25, 0.3) is 0 Å². The summed E-state index contributed by atoms with van der Waals surface area (Å²) in [5.74, 6) is 0.608. The maximum Gasteiger partial charge on any atom is 0.243 e. The lowest BCUT2D eigenvalue weighted by molar-refractivity contribution is 0.219. The summed E-state index contributed by atoms with van der Waals surface area (Å²) in [6.07, 6.45) is 4.01. The number of nitrogens with one attached hydrogen (secondary N) is 1. The Morgan fingerprint density at radius 1 is 1.53 bits per heavy atom. The molecule has 0 saturated heterocycles. The van der Waals surface area contributed by atoms with E-state index in [-0.39, 0.29) is 12.0 Å². The number of pyridine rings is 1. The fourth-order valence-corrected chi connectivity index (χ4v) is 2.21. The molecule has 1 fully saturated rings. The van der Waals surface area contributed by atoms with Crippen molar-refractivity contribution in [3.05, 3.63) is 22.8 Å². The SMILES string of the molecule is OCC1(CNc2nc3c(Br)cccn3n2)CC1. The zero-order valence-corrected chi connectivity index (χ0v) is 10.8. The molecule has 0 radical (unpaired) electrons. The fraction of sp³-hybridized carbons (Fsp3) is 0.455. The van der Waals surface area contributed by atoms with E-state index in [4.69, 9.17) is 0 Å². The van der Waals surface area contributed by atoms with Crippen LogP contribution >= 0.6 is 15.9 Å². The molecule has 0 amide bonds. The molecular weight excluding hydrogens is 284 g/mol. The standard InChI is InChI=1S/C11H13BrN4O/c12-8-2-1-5-16-9(8)14-10(15-16)13-6-11(7-17)3-4-11/h1-2,5,17H,3-4,6-7H2,(H,13,15). The highest BCUT2D eigenvalue weighted by Gasteiger charge is 2.41. The lowest BCUT2D eigenvalue weighted by Crippen LogP contribution is -2.19. The van der Waals surface area contributed by atoms with Gasteiger partial charge in [0.1, 0.15) is 0 Å². The van der Waals surface area contributed by atoms with Gasteiger partial charge >= 0.3 is 0 Å². The third-order valence-electron chi connectivity index (χ3n) is 3.23. The molecule has 2 heterocycles. The molecule has 0 atom stereocenters. The van der Waals surface area contributed by atoms with Crippen LogP contribution in [0.2, 0.25) is 0 Å². The maximum absolute atomic E-state index is 9.22. The molecule has 1 saturated carbocycles. The third-order valence-corrected chi connectivity index (χ3v) is 3.85. The van der Waals surface area contributed by atoms with Crippen LogP contribution < -0.4 is 5.32 Å². The van der Waals surface area contributed by atoms with Crippen molar-refractivity contribution in [2.24, 2.45) is 5.41 Å². The van der Waals surface area contributed by atoms with Crippen molar-refractivity contribution in [2.75, 3.05) is 18.5 Å². The van der Waals surface area contributed by atoms with Gasteiger partial charge in [0.15, 0.2) is 5.65 Å². The number of hydrogen-bond acceptors (Lipinski definition) is 4.